The molecule has 0 fully saturated rings. The molecule has 16 heavy (non-hydrogen) atoms. The number of aliphatic hydroxyl groups is 2. The molecule has 0 aromatic rings. The zero-order chi connectivity index (χ0) is 12.3. The molecule has 0 aromatic heterocycles. The molecule has 0 aromatic carbocycles. The summed E-state index contributed by atoms with van der Waals surface area (Å²) in [7, 11) is -4.55. The van der Waals surface area contributed by atoms with Crippen LogP contribution in [-0.4, -0.2) is 39.4 Å². The molecular weight excluding hydrogens is 237 g/mol. The first-order valence-electron chi connectivity index (χ1n) is 4.60. The second kappa shape index (κ2) is 5.07. The Kier molecular flexibility index (Phi) is 4.23. The maximum Gasteiger partial charge on any atom is 0.469 e. The Morgan fingerprint density at radius 1 is 1.56 bits per heavy atom. The van der Waals surface area contributed by atoms with Crippen LogP contribution in [0.1, 0.15) is 6.92 Å². The van der Waals surface area contributed by atoms with E-state index < -0.39 is 19.7 Å². The highest BCUT2D eigenvalue weighted by atomic mass is 31.2. The Balaban J connectivity index is 2.69. The van der Waals surface area contributed by atoms with Crippen LogP contribution in [0, 0.1) is 11.8 Å². The predicted molar refractivity (Wildman–Crippen MR) is 55.9 cm³/mol. The highest BCUT2D eigenvalue weighted by Crippen LogP contribution is 2.37. The van der Waals surface area contributed by atoms with Gasteiger partial charge in [-0.05, 0) is 6.92 Å². The Labute approximate surface area is 92.3 Å². The molecule has 0 aliphatic carbocycles. The van der Waals surface area contributed by atoms with Crippen LogP contribution >= 0.6 is 7.82 Å². The molecule has 2 atom stereocenters. The van der Waals surface area contributed by atoms with Crippen LogP contribution in [0.2, 0.25) is 0 Å². The van der Waals surface area contributed by atoms with Gasteiger partial charge in [0.1, 0.15) is 5.76 Å². The number of phosphoric acid groups is 1. The number of aliphatic imine (C=N–C) groups is 1. The number of phosphoric ester groups is 1. The van der Waals surface area contributed by atoms with Gasteiger partial charge < -0.3 is 20.0 Å². The summed E-state index contributed by atoms with van der Waals surface area (Å²) >= 11 is 0. The molecule has 1 rings (SSSR count). The summed E-state index contributed by atoms with van der Waals surface area (Å²) in [4.78, 5) is 20.9. The summed E-state index contributed by atoms with van der Waals surface area (Å²) in [5.74, 6) is -1.27. The quantitative estimate of drug-likeness (QED) is 0.529. The monoisotopic (exact) mass is 251 g/mol. The van der Waals surface area contributed by atoms with E-state index in [0.29, 0.717) is 5.70 Å². The molecule has 1 unspecified atom stereocenters. The molecule has 0 saturated heterocycles. The Hall–Kier alpha value is -0.720. The van der Waals surface area contributed by atoms with E-state index in [1.54, 1.807) is 6.92 Å². The number of allylic oxidation sites excluding steroid dienone is 1. The lowest BCUT2D eigenvalue weighted by Crippen LogP contribution is -2.29. The minimum absolute atomic E-state index is 0.0793. The first-order valence-corrected chi connectivity index (χ1v) is 6.13. The van der Waals surface area contributed by atoms with E-state index in [2.05, 4.69) is 9.52 Å². The van der Waals surface area contributed by atoms with Gasteiger partial charge >= 0.3 is 7.82 Å². The Bertz CT molecular complexity index is 360. The average molecular weight is 251 g/mol. The summed E-state index contributed by atoms with van der Waals surface area (Å²) < 4.78 is 14.8. The normalized spacial score (nSPS) is 26.2. The number of nitrogens with zero attached hydrogens (tertiary/aromatic N) is 1. The fourth-order valence-electron chi connectivity index (χ4n) is 1.41. The summed E-state index contributed by atoms with van der Waals surface area (Å²) in [5, 5.41) is 18.7. The summed E-state index contributed by atoms with van der Waals surface area (Å²) in [6.45, 7) is 0.926. The number of rotatable bonds is 4. The second-order valence-corrected chi connectivity index (χ2v) is 4.73. The van der Waals surface area contributed by atoms with Gasteiger partial charge in [0.25, 0.3) is 0 Å². The van der Waals surface area contributed by atoms with Crippen molar-refractivity contribution in [2.75, 3.05) is 13.2 Å². The van der Waals surface area contributed by atoms with Crippen molar-refractivity contribution >= 4 is 14.0 Å². The van der Waals surface area contributed by atoms with Gasteiger partial charge in [-0.25, -0.2) is 4.57 Å². The minimum Gasteiger partial charge on any atom is -0.510 e. The van der Waals surface area contributed by atoms with Crippen LogP contribution in [0.25, 0.3) is 0 Å². The van der Waals surface area contributed by atoms with Crippen LogP contribution in [0.3, 0.4) is 0 Å². The van der Waals surface area contributed by atoms with Crippen LogP contribution in [0.15, 0.2) is 16.4 Å². The molecule has 1 aliphatic rings. The van der Waals surface area contributed by atoms with E-state index in [4.69, 9.17) is 14.9 Å². The fourth-order valence-corrected chi connectivity index (χ4v) is 1.78. The number of aliphatic hydroxyl groups excluding tert-OH is 2. The fraction of sp³-hybridized carbons (Fsp3) is 0.625. The SMILES string of the molecule is CC1=C(O)C(CO)[C@@H](COP(=O)(O)O)C=N1. The molecule has 0 bridgehead atoms. The van der Waals surface area contributed by atoms with Crippen molar-refractivity contribution in [2.24, 2.45) is 16.8 Å². The Morgan fingerprint density at radius 2 is 2.19 bits per heavy atom. The lowest BCUT2D eigenvalue weighted by molar-refractivity contribution is 0.126. The maximum absolute atomic E-state index is 10.5. The maximum atomic E-state index is 10.5. The highest BCUT2D eigenvalue weighted by Gasteiger charge is 2.30. The first-order chi connectivity index (χ1) is 7.35. The molecule has 0 radical (unpaired) electrons. The van der Waals surface area contributed by atoms with Crippen molar-refractivity contribution in [3.63, 3.8) is 0 Å². The van der Waals surface area contributed by atoms with Gasteiger partial charge in [-0.3, -0.25) is 9.52 Å². The molecule has 0 spiro atoms. The van der Waals surface area contributed by atoms with Gasteiger partial charge in [0.2, 0.25) is 0 Å². The summed E-state index contributed by atoms with van der Waals surface area (Å²) in [6.07, 6.45) is 1.41. The van der Waals surface area contributed by atoms with Gasteiger partial charge in [0.05, 0.1) is 24.8 Å². The largest absolute Gasteiger partial charge is 0.510 e. The third kappa shape index (κ3) is 3.40. The van der Waals surface area contributed by atoms with Crippen molar-refractivity contribution < 1.29 is 29.1 Å². The van der Waals surface area contributed by atoms with Crippen molar-refractivity contribution in [1.82, 2.24) is 0 Å². The number of hydrogen-bond acceptors (Lipinski definition) is 5. The van der Waals surface area contributed by atoms with Crippen molar-refractivity contribution in [1.29, 1.82) is 0 Å². The third-order valence-corrected chi connectivity index (χ3v) is 2.82. The predicted octanol–water partition coefficient (Wildman–Crippen LogP) is 0.194. The molecule has 7 nitrogen and oxygen atoms in total. The smallest absolute Gasteiger partial charge is 0.469 e. The van der Waals surface area contributed by atoms with E-state index >= 15 is 0 Å². The van der Waals surface area contributed by atoms with E-state index in [-0.39, 0.29) is 19.0 Å². The lowest BCUT2D eigenvalue weighted by atomic mass is 9.90. The highest BCUT2D eigenvalue weighted by molar-refractivity contribution is 7.46. The van der Waals surface area contributed by atoms with Gasteiger partial charge in [0, 0.05) is 12.1 Å². The number of hydrogen-bond donors (Lipinski definition) is 4. The summed E-state index contributed by atoms with van der Waals surface area (Å²) in [5.41, 5.74) is 0.381. The van der Waals surface area contributed by atoms with E-state index in [1.165, 1.54) is 6.21 Å². The molecular formula is C8H14NO6P. The zero-order valence-corrected chi connectivity index (χ0v) is 9.54. The van der Waals surface area contributed by atoms with Crippen molar-refractivity contribution in [2.45, 2.75) is 6.92 Å². The van der Waals surface area contributed by atoms with Gasteiger partial charge in [-0.2, -0.15) is 0 Å². The average Bonchev–Trinajstić information content (AvgIpc) is 2.18. The zero-order valence-electron chi connectivity index (χ0n) is 8.65. The van der Waals surface area contributed by atoms with Gasteiger partial charge in [-0.1, -0.05) is 0 Å². The topological polar surface area (TPSA) is 120 Å². The minimum atomic E-state index is -4.55. The van der Waals surface area contributed by atoms with E-state index in [9.17, 15) is 9.67 Å². The lowest BCUT2D eigenvalue weighted by Gasteiger charge is -2.25. The van der Waals surface area contributed by atoms with Gasteiger partial charge in [0.15, 0.2) is 0 Å². The molecule has 92 valence electrons. The van der Waals surface area contributed by atoms with E-state index in [1.807, 2.05) is 0 Å². The van der Waals surface area contributed by atoms with Crippen molar-refractivity contribution in [3.8, 4) is 0 Å². The van der Waals surface area contributed by atoms with E-state index in [0.717, 1.165) is 0 Å². The molecule has 8 heteroatoms. The summed E-state index contributed by atoms with van der Waals surface area (Å²) in [6, 6.07) is 0. The van der Waals surface area contributed by atoms with Crippen LogP contribution in [-0.2, 0) is 9.09 Å². The van der Waals surface area contributed by atoms with Crippen molar-refractivity contribution in [3.05, 3.63) is 11.5 Å². The molecule has 0 saturated carbocycles. The third-order valence-electron chi connectivity index (χ3n) is 2.33. The van der Waals surface area contributed by atoms with Crippen LogP contribution in [0.5, 0.6) is 0 Å². The van der Waals surface area contributed by atoms with Crippen LogP contribution in [0.4, 0.5) is 0 Å². The van der Waals surface area contributed by atoms with Gasteiger partial charge in [-0.15, -0.1) is 0 Å². The molecule has 0 amide bonds. The molecule has 1 aliphatic heterocycles. The second-order valence-electron chi connectivity index (χ2n) is 3.49. The Morgan fingerprint density at radius 3 is 2.69 bits per heavy atom. The standard InChI is InChI=1S/C8H14NO6P/c1-5-8(11)7(3-10)6(2-9-5)4-15-16(12,13)14/h2,6-7,10-11H,3-4H2,1H3,(H2,12,13,14)/t6-,7?/m1/s1. The van der Waals surface area contributed by atoms with Crippen LogP contribution < -0.4 is 0 Å². The first kappa shape index (κ1) is 13.3. The molecule has 1 heterocycles. The molecule has 4 N–H and O–H groups in total.